The summed E-state index contributed by atoms with van der Waals surface area (Å²) in [6.45, 7) is 0.138. The summed E-state index contributed by atoms with van der Waals surface area (Å²) < 4.78 is 30.8. The van der Waals surface area contributed by atoms with E-state index in [4.69, 9.17) is 38.6 Å². The molecule has 0 unspecified atom stereocenters. The molecule has 32 heavy (non-hydrogen) atoms. The second-order valence-electron chi connectivity index (χ2n) is 6.30. The molecule has 0 heterocycles. The number of hydrogen-bond acceptors (Lipinski definition) is 10. The molecule has 0 spiro atoms. The minimum atomic E-state index is -1.30. The van der Waals surface area contributed by atoms with Gasteiger partial charge in [-0.05, 0) is 36.1 Å². The largest absolute Gasteiger partial charge is 0.478 e. The second-order valence-corrected chi connectivity index (χ2v) is 6.30. The Balaban J connectivity index is 2.67. The number of aliphatic hydroxyl groups is 2. The maximum Gasteiger partial charge on any atom is 0.336 e. The fourth-order valence-corrected chi connectivity index (χ4v) is 2.53. The summed E-state index contributed by atoms with van der Waals surface area (Å²) in [7, 11) is 0. The third-order valence-electron chi connectivity index (χ3n) is 3.99. The molecular formula is C20H30O12. The number of carboxylic acids is 2. The first-order chi connectivity index (χ1) is 15.5. The van der Waals surface area contributed by atoms with Crippen molar-refractivity contribution in [3.63, 3.8) is 0 Å². The zero-order chi connectivity index (χ0) is 23.6. The van der Waals surface area contributed by atoms with Gasteiger partial charge >= 0.3 is 11.9 Å². The fourth-order valence-electron chi connectivity index (χ4n) is 2.53. The normalized spacial score (nSPS) is 11.1. The van der Waals surface area contributed by atoms with E-state index >= 15 is 0 Å². The number of hydrogen-bond donors (Lipinski definition) is 4. The Kier molecular flexibility index (Phi) is 15.2. The maximum absolute atomic E-state index is 11.7. The molecule has 0 aliphatic carbocycles. The number of ether oxygens (including phenoxy) is 6. The molecule has 0 aromatic heterocycles. The standard InChI is InChI=1S/C20H30O12/c21-11-27-3-1-5-29-13-31-9-16-7-15(19(23)24)8-17(20(25)26)18(16)10-32-14-30-6-2-4-28-12-22/h7-8,21-22H,1-6,9-14H2,(H,23,24)(H,25,26). The monoisotopic (exact) mass is 462 g/mol. The number of benzene rings is 1. The van der Waals surface area contributed by atoms with E-state index in [0.717, 1.165) is 6.07 Å². The van der Waals surface area contributed by atoms with Crippen molar-refractivity contribution in [2.75, 3.05) is 53.6 Å². The molecule has 12 nitrogen and oxygen atoms in total. The van der Waals surface area contributed by atoms with Gasteiger partial charge in [0.1, 0.15) is 27.2 Å². The van der Waals surface area contributed by atoms with Crippen molar-refractivity contribution in [1.29, 1.82) is 0 Å². The topological polar surface area (TPSA) is 170 Å². The molecule has 12 heteroatoms. The summed E-state index contributed by atoms with van der Waals surface area (Å²) in [6, 6.07) is 2.40. The Morgan fingerprint density at radius 1 is 0.688 bits per heavy atom. The van der Waals surface area contributed by atoms with Gasteiger partial charge in [0.25, 0.3) is 0 Å². The minimum Gasteiger partial charge on any atom is -0.478 e. The summed E-state index contributed by atoms with van der Waals surface area (Å²) in [5.74, 6) is -2.56. The lowest BCUT2D eigenvalue weighted by Crippen LogP contribution is -2.14. The number of carboxylic acid groups (broad SMARTS) is 2. The molecule has 0 fully saturated rings. The smallest absolute Gasteiger partial charge is 0.336 e. The van der Waals surface area contributed by atoms with Crippen LogP contribution in [0.1, 0.15) is 44.7 Å². The molecule has 4 N–H and O–H groups in total. The van der Waals surface area contributed by atoms with Crippen LogP contribution < -0.4 is 0 Å². The molecule has 0 bridgehead atoms. The predicted octanol–water partition coefficient (Wildman–Crippen LogP) is 0.777. The molecule has 0 aliphatic heterocycles. The van der Waals surface area contributed by atoms with E-state index in [0.29, 0.717) is 44.8 Å². The average molecular weight is 462 g/mol. The highest BCUT2D eigenvalue weighted by Gasteiger charge is 2.19. The second kappa shape index (κ2) is 17.4. The Bertz CT molecular complexity index is 679. The van der Waals surface area contributed by atoms with Crippen LogP contribution in [0.25, 0.3) is 0 Å². The van der Waals surface area contributed by atoms with Crippen LogP contribution in [0, 0.1) is 0 Å². The molecule has 0 amide bonds. The van der Waals surface area contributed by atoms with E-state index in [-0.39, 0.29) is 57.1 Å². The van der Waals surface area contributed by atoms with Crippen LogP contribution in [0.2, 0.25) is 0 Å². The van der Waals surface area contributed by atoms with Crippen LogP contribution >= 0.6 is 0 Å². The van der Waals surface area contributed by atoms with Crippen LogP contribution in [0.5, 0.6) is 0 Å². The SMILES string of the molecule is O=C(O)c1cc(COCOCCCOCO)c(COCOCCCOCO)c(C(=O)O)c1. The van der Waals surface area contributed by atoms with Crippen molar-refractivity contribution in [2.45, 2.75) is 26.1 Å². The molecule has 1 aromatic carbocycles. The highest BCUT2D eigenvalue weighted by Crippen LogP contribution is 2.21. The van der Waals surface area contributed by atoms with Crippen LogP contribution in [0.15, 0.2) is 12.1 Å². The van der Waals surface area contributed by atoms with Gasteiger partial charge < -0.3 is 48.8 Å². The number of carbonyl (C=O) groups is 2. The van der Waals surface area contributed by atoms with Gasteiger partial charge in [0.15, 0.2) is 0 Å². The number of aromatic carboxylic acids is 2. The molecular weight excluding hydrogens is 432 g/mol. The van der Waals surface area contributed by atoms with E-state index in [2.05, 4.69) is 0 Å². The van der Waals surface area contributed by atoms with E-state index in [1.165, 1.54) is 6.07 Å². The molecule has 0 radical (unpaired) electrons. The van der Waals surface area contributed by atoms with Gasteiger partial charge in [-0.25, -0.2) is 9.59 Å². The van der Waals surface area contributed by atoms with Gasteiger partial charge in [0.2, 0.25) is 0 Å². The molecule has 1 rings (SSSR count). The van der Waals surface area contributed by atoms with Crippen LogP contribution in [0.4, 0.5) is 0 Å². The van der Waals surface area contributed by atoms with E-state index < -0.39 is 11.9 Å². The zero-order valence-electron chi connectivity index (χ0n) is 17.7. The number of rotatable bonds is 20. The van der Waals surface area contributed by atoms with Gasteiger partial charge in [-0.3, -0.25) is 0 Å². The van der Waals surface area contributed by atoms with Crippen molar-refractivity contribution in [3.8, 4) is 0 Å². The highest BCUT2D eigenvalue weighted by atomic mass is 16.7. The molecule has 182 valence electrons. The molecule has 1 aromatic rings. The molecule has 0 saturated carbocycles. The summed E-state index contributed by atoms with van der Waals surface area (Å²) in [6.07, 6.45) is 1.09. The van der Waals surface area contributed by atoms with Crippen LogP contribution in [-0.4, -0.2) is 86.0 Å². The van der Waals surface area contributed by atoms with Crippen LogP contribution in [0.3, 0.4) is 0 Å². The first-order valence-electron chi connectivity index (χ1n) is 9.81. The minimum absolute atomic E-state index is 0.0907. The van der Waals surface area contributed by atoms with Gasteiger partial charge in [0.05, 0.1) is 50.8 Å². The first kappa shape index (κ1) is 27.9. The third-order valence-corrected chi connectivity index (χ3v) is 3.99. The van der Waals surface area contributed by atoms with Gasteiger partial charge in [-0.15, -0.1) is 0 Å². The average Bonchev–Trinajstić information content (AvgIpc) is 2.77. The lowest BCUT2D eigenvalue weighted by Gasteiger charge is -2.15. The Labute approximate surface area is 185 Å². The Morgan fingerprint density at radius 2 is 1.22 bits per heavy atom. The Morgan fingerprint density at radius 3 is 1.72 bits per heavy atom. The van der Waals surface area contributed by atoms with E-state index in [1.807, 2.05) is 0 Å². The third kappa shape index (κ3) is 11.5. The Hall–Kier alpha value is -2.16. The first-order valence-corrected chi connectivity index (χ1v) is 9.81. The van der Waals surface area contributed by atoms with Crippen LogP contribution in [-0.2, 0) is 41.6 Å². The van der Waals surface area contributed by atoms with Crippen molar-refractivity contribution in [1.82, 2.24) is 0 Å². The lowest BCUT2D eigenvalue weighted by atomic mass is 9.98. The summed E-state index contributed by atoms with van der Waals surface area (Å²) >= 11 is 0. The van der Waals surface area contributed by atoms with Gasteiger partial charge in [0, 0.05) is 0 Å². The van der Waals surface area contributed by atoms with Crippen molar-refractivity contribution in [2.24, 2.45) is 0 Å². The lowest BCUT2D eigenvalue weighted by molar-refractivity contribution is -0.0756. The number of aliphatic hydroxyl groups excluding tert-OH is 2. The van der Waals surface area contributed by atoms with Gasteiger partial charge in [-0.1, -0.05) is 0 Å². The van der Waals surface area contributed by atoms with Gasteiger partial charge in [-0.2, -0.15) is 0 Å². The summed E-state index contributed by atoms with van der Waals surface area (Å²) in [5, 5.41) is 35.8. The zero-order valence-corrected chi connectivity index (χ0v) is 17.7. The quantitative estimate of drug-likeness (QED) is 0.159. The molecule has 0 saturated heterocycles. The predicted molar refractivity (Wildman–Crippen MR) is 107 cm³/mol. The maximum atomic E-state index is 11.7. The van der Waals surface area contributed by atoms with Crippen molar-refractivity contribution in [3.05, 3.63) is 34.4 Å². The van der Waals surface area contributed by atoms with Crippen molar-refractivity contribution < 1.29 is 58.4 Å². The van der Waals surface area contributed by atoms with E-state index in [1.54, 1.807) is 0 Å². The van der Waals surface area contributed by atoms with E-state index in [9.17, 15) is 19.8 Å². The summed E-state index contributed by atoms with van der Waals surface area (Å²) in [4.78, 5) is 23.1. The van der Waals surface area contributed by atoms with Crippen molar-refractivity contribution >= 4 is 11.9 Å². The summed E-state index contributed by atoms with van der Waals surface area (Å²) in [5.41, 5.74) is 0.214. The molecule has 0 aliphatic rings. The molecule has 0 atom stereocenters. The fraction of sp³-hybridized carbons (Fsp3) is 0.600. The highest BCUT2D eigenvalue weighted by molar-refractivity contribution is 5.95.